The maximum absolute atomic E-state index is 12.7. The zero-order valence-electron chi connectivity index (χ0n) is 13.9. The number of piperidine rings is 1. The van der Waals surface area contributed by atoms with Gasteiger partial charge in [-0.15, -0.1) is 0 Å². The van der Waals surface area contributed by atoms with E-state index in [1.807, 2.05) is 0 Å². The van der Waals surface area contributed by atoms with Crippen LogP contribution in [0.1, 0.15) is 18.4 Å². The molecule has 0 unspecified atom stereocenters. The second-order valence-corrected chi connectivity index (χ2v) is 7.45. The van der Waals surface area contributed by atoms with Crippen molar-refractivity contribution in [2.45, 2.75) is 17.3 Å². The van der Waals surface area contributed by atoms with Crippen molar-refractivity contribution in [3.8, 4) is 0 Å². The number of rotatable bonds is 3. The van der Waals surface area contributed by atoms with Gasteiger partial charge in [0.25, 0.3) is 0 Å². The van der Waals surface area contributed by atoms with E-state index in [-0.39, 0.29) is 5.92 Å². The van der Waals surface area contributed by atoms with Crippen LogP contribution >= 0.6 is 22.6 Å². The predicted molar refractivity (Wildman–Crippen MR) is 103 cm³/mol. The lowest BCUT2D eigenvalue weighted by Crippen LogP contribution is -2.51. The molecule has 1 aromatic rings. The van der Waals surface area contributed by atoms with Gasteiger partial charge in [-0.05, 0) is 50.7 Å². The van der Waals surface area contributed by atoms with E-state index >= 15 is 0 Å². The Balaban J connectivity index is 1.52. The summed E-state index contributed by atoms with van der Waals surface area (Å²) in [7, 11) is 2.14. The quantitative estimate of drug-likeness (QED) is 0.548. The maximum Gasteiger partial charge on any atom is 0.225 e. The Kier molecular flexibility index (Phi) is 5.80. The smallest absolute Gasteiger partial charge is 0.225 e. The number of anilines is 1. The summed E-state index contributed by atoms with van der Waals surface area (Å²) in [6.07, 6.45) is 2.04. The van der Waals surface area contributed by atoms with Gasteiger partial charge < -0.3 is 14.7 Å². The molecule has 23 heavy (non-hydrogen) atoms. The molecule has 2 fully saturated rings. The normalized spacial score (nSPS) is 20.8. The van der Waals surface area contributed by atoms with Crippen LogP contribution < -0.4 is 4.90 Å². The van der Waals surface area contributed by atoms with Gasteiger partial charge in [0.15, 0.2) is 0 Å². The highest BCUT2D eigenvalue weighted by Crippen LogP contribution is 2.22. The Morgan fingerprint density at radius 2 is 1.65 bits per heavy atom. The summed E-state index contributed by atoms with van der Waals surface area (Å²) < 4.78 is 1.05. The van der Waals surface area contributed by atoms with E-state index < -0.39 is 0 Å². The third-order valence-corrected chi connectivity index (χ3v) is 6.00. The van der Waals surface area contributed by atoms with E-state index in [2.05, 4.69) is 68.6 Å². The van der Waals surface area contributed by atoms with Gasteiger partial charge in [0.2, 0.25) is 5.91 Å². The minimum absolute atomic E-state index is 0.251. The highest BCUT2D eigenvalue weighted by Gasteiger charge is 2.29. The monoisotopic (exact) mass is 427 g/mol. The number of nitrogens with zero attached hydrogens (tertiary/aromatic N) is 3. The molecule has 2 aliphatic rings. The highest BCUT2D eigenvalue weighted by atomic mass is 127. The van der Waals surface area contributed by atoms with E-state index in [1.54, 1.807) is 0 Å². The van der Waals surface area contributed by atoms with Gasteiger partial charge in [-0.3, -0.25) is 4.79 Å². The number of hydrogen-bond acceptors (Lipinski definition) is 3. The second-order valence-electron chi connectivity index (χ2n) is 6.69. The van der Waals surface area contributed by atoms with Crippen molar-refractivity contribution in [3.63, 3.8) is 0 Å². The number of alkyl halides is 1. The van der Waals surface area contributed by atoms with Crippen molar-refractivity contribution in [1.29, 1.82) is 0 Å². The van der Waals surface area contributed by atoms with Crippen LogP contribution in [0.15, 0.2) is 24.3 Å². The van der Waals surface area contributed by atoms with Crippen LogP contribution in [0.5, 0.6) is 0 Å². The van der Waals surface area contributed by atoms with Gasteiger partial charge in [0.1, 0.15) is 0 Å². The molecule has 1 aromatic carbocycles. The molecule has 4 nitrogen and oxygen atoms in total. The fourth-order valence-corrected chi connectivity index (χ4v) is 4.00. The molecule has 0 bridgehead atoms. The minimum Gasteiger partial charge on any atom is -0.368 e. The molecular weight excluding hydrogens is 401 g/mol. The number of amides is 1. The Morgan fingerprint density at radius 1 is 1.04 bits per heavy atom. The average Bonchev–Trinajstić information content (AvgIpc) is 2.62. The Hall–Kier alpha value is -0.820. The number of piperazine rings is 1. The summed E-state index contributed by atoms with van der Waals surface area (Å²) in [6.45, 7) is 5.72. The number of benzene rings is 1. The molecular formula is C18H26IN3O. The summed E-state index contributed by atoms with van der Waals surface area (Å²) in [4.78, 5) is 19.5. The lowest BCUT2D eigenvalue weighted by atomic mass is 9.95. The number of likely N-dealkylation sites (tertiary alicyclic amines) is 1. The Morgan fingerprint density at radius 3 is 2.22 bits per heavy atom. The summed E-state index contributed by atoms with van der Waals surface area (Å²) in [5, 5.41) is 0. The van der Waals surface area contributed by atoms with E-state index in [9.17, 15) is 4.79 Å². The molecule has 3 rings (SSSR count). The van der Waals surface area contributed by atoms with Gasteiger partial charge in [-0.25, -0.2) is 0 Å². The van der Waals surface area contributed by atoms with Gasteiger partial charge in [0, 0.05) is 42.2 Å². The van der Waals surface area contributed by atoms with Crippen LogP contribution in [0.4, 0.5) is 5.69 Å². The SMILES string of the molecule is CN1CCC(C(=O)N2CCN(c3ccc(CI)cc3)CC2)CC1. The fraction of sp³-hybridized carbons (Fsp3) is 0.611. The minimum atomic E-state index is 0.251. The van der Waals surface area contributed by atoms with Gasteiger partial charge in [-0.1, -0.05) is 34.7 Å². The van der Waals surface area contributed by atoms with Crippen molar-refractivity contribution >= 4 is 34.2 Å². The molecule has 0 radical (unpaired) electrons. The molecule has 0 spiro atoms. The molecule has 2 heterocycles. The van der Waals surface area contributed by atoms with Crippen LogP contribution in [0, 0.1) is 5.92 Å². The standard InChI is InChI=1S/C18H26IN3O/c1-20-8-6-16(7-9-20)18(23)22-12-10-21(11-13-22)17-4-2-15(14-19)3-5-17/h2-5,16H,6-14H2,1H3. The molecule has 5 heteroatoms. The zero-order chi connectivity index (χ0) is 16.2. The molecule has 0 saturated carbocycles. The topological polar surface area (TPSA) is 26.8 Å². The van der Waals surface area contributed by atoms with Crippen LogP contribution in [0.25, 0.3) is 0 Å². The predicted octanol–water partition coefficient (Wildman–Crippen LogP) is 2.61. The zero-order valence-corrected chi connectivity index (χ0v) is 16.0. The van der Waals surface area contributed by atoms with E-state index in [0.29, 0.717) is 5.91 Å². The lowest BCUT2D eigenvalue weighted by molar-refractivity contribution is -0.137. The van der Waals surface area contributed by atoms with Gasteiger partial charge >= 0.3 is 0 Å². The van der Waals surface area contributed by atoms with Crippen LogP contribution in [0.3, 0.4) is 0 Å². The van der Waals surface area contributed by atoms with Crippen molar-refractivity contribution in [1.82, 2.24) is 9.80 Å². The van der Waals surface area contributed by atoms with E-state index in [0.717, 1.165) is 56.5 Å². The van der Waals surface area contributed by atoms with Crippen molar-refractivity contribution in [3.05, 3.63) is 29.8 Å². The first-order chi connectivity index (χ1) is 11.2. The molecule has 126 valence electrons. The first-order valence-electron chi connectivity index (χ1n) is 8.54. The van der Waals surface area contributed by atoms with Gasteiger partial charge in [0.05, 0.1) is 0 Å². The van der Waals surface area contributed by atoms with Crippen molar-refractivity contribution in [2.24, 2.45) is 5.92 Å². The third-order valence-electron chi connectivity index (χ3n) is 5.11. The van der Waals surface area contributed by atoms with Crippen LogP contribution in [-0.4, -0.2) is 62.0 Å². The molecule has 2 aliphatic heterocycles. The second kappa shape index (κ2) is 7.83. The molecule has 2 saturated heterocycles. The van der Waals surface area contributed by atoms with E-state index in [4.69, 9.17) is 0 Å². The third kappa shape index (κ3) is 4.18. The Labute approximate surface area is 153 Å². The summed E-state index contributed by atoms with van der Waals surface area (Å²) >= 11 is 2.39. The number of carbonyl (C=O) groups is 1. The van der Waals surface area contributed by atoms with Crippen molar-refractivity contribution < 1.29 is 4.79 Å². The van der Waals surface area contributed by atoms with Crippen LogP contribution in [0.2, 0.25) is 0 Å². The Bertz CT molecular complexity index is 518. The first kappa shape index (κ1) is 17.0. The summed E-state index contributed by atoms with van der Waals surface area (Å²) in [5.41, 5.74) is 2.65. The molecule has 0 N–H and O–H groups in total. The van der Waals surface area contributed by atoms with Crippen molar-refractivity contribution in [2.75, 3.05) is 51.2 Å². The van der Waals surface area contributed by atoms with E-state index in [1.165, 1.54) is 11.3 Å². The van der Waals surface area contributed by atoms with Gasteiger partial charge in [-0.2, -0.15) is 0 Å². The summed E-state index contributed by atoms with van der Waals surface area (Å²) in [5.74, 6) is 0.638. The van der Waals surface area contributed by atoms with Crippen LogP contribution in [-0.2, 0) is 9.22 Å². The first-order valence-corrected chi connectivity index (χ1v) is 10.1. The number of halogens is 1. The fourth-order valence-electron chi connectivity index (χ4n) is 3.49. The lowest BCUT2D eigenvalue weighted by Gasteiger charge is -2.39. The number of carbonyl (C=O) groups excluding carboxylic acids is 1. The average molecular weight is 427 g/mol. The maximum atomic E-state index is 12.7. The molecule has 0 aliphatic carbocycles. The molecule has 1 amide bonds. The highest BCUT2D eigenvalue weighted by molar-refractivity contribution is 14.1. The molecule has 0 aromatic heterocycles. The molecule has 0 atom stereocenters. The largest absolute Gasteiger partial charge is 0.368 e. The summed E-state index contributed by atoms with van der Waals surface area (Å²) in [6, 6.07) is 8.83. The number of hydrogen-bond donors (Lipinski definition) is 0.